The van der Waals surface area contributed by atoms with Crippen LogP contribution in [0.2, 0.25) is 5.15 Å². The number of carbonyl (C=O) groups is 2. The fourth-order valence-electron chi connectivity index (χ4n) is 2.06. The lowest BCUT2D eigenvalue weighted by Gasteiger charge is -2.26. The molecule has 0 aromatic carbocycles. The van der Waals surface area contributed by atoms with Gasteiger partial charge in [-0.25, -0.2) is 9.78 Å². The number of halogens is 1. The van der Waals surface area contributed by atoms with E-state index < -0.39 is 11.7 Å². The maximum Gasteiger partial charge on any atom is 0.407 e. The van der Waals surface area contributed by atoms with Crippen LogP contribution in [0.25, 0.3) is 0 Å². The molecule has 0 saturated heterocycles. The van der Waals surface area contributed by atoms with E-state index in [-0.39, 0.29) is 29.6 Å². The zero-order valence-electron chi connectivity index (χ0n) is 16.5. The molecule has 146 valence electrons. The van der Waals surface area contributed by atoms with E-state index in [4.69, 9.17) is 16.3 Å². The molecule has 8 heteroatoms. The summed E-state index contributed by atoms with van der Waals surface area (Å²) >= 11 is 5.99. The van der Waals surface area contributed by atoms with Crippen LogP contribution >= 0.6 is 11.6 Å². The highest BCUT2D eigenvalue weighted by Crippen LogP contribution is 2.16. The Kier molecular flexibility index (Phi) is 7.68. The lowest BCUT2D eigenvalue weighted by Crippen LogP contribution is -2.48. The van der Waals surface area contributed by atoms with Gasteiger partial charge in [0.2, 0.25) is 0 Å². The van der Waals surface area contributed by atoms with Crippen molar-refractivity contribution in [2.45, 2.75) is 46.3 Å². The molecule has 1 heterocycles. The molecule has 0 aliphatic carbocycles. The number of anilines is 1. The third-order valence-electron chi connectivity index (χ3n) is 3.49. The first-order valence-corrected chi connectivity index (χ1v) is 8.89. The fraction of sp³-hybridized carbons (Fsp3) is 0.611. The molecule has 1 atom stereocenters. The number of hydrogen-bond acceptors (Lipinski definition) is 5. The van der Waals surface area contributed by atoms with Crippen molar-refractivity contribution in [3.8, 4) is 0 Å². The normalized spacial score (nSPS) is 12.5. The van der Waals surface area contributed by atoms with Crippen LogP contribution in [0.5, 0.6) is 0 Å². The summed E-state index contributed by atoms with van der Waals surface area (Å²) in [6.07, 6.45) is -0.507. The third-order valence-corrected chi connectivity index (χ3v) is 3.68. The van der Waals surface area contributed by atoms with Gasteiger partial charge in [-0.1, -0.05) is 25.4 Å². The number of aromatic nitrogens is 1. The molecule has 0 bridgehead atoms. The van der Waals surface area contributed by atoms with Crippen molar-refractivity contribution in [3.05, 3.63) is 22.8 Å². The summed E-state index contributed by atoms with van der Waals surface area (Å²) < 4.78 is 5.27. The lowest BCUT2D eigenvalue weighted by atomic mass is 10.0. The minimum absolute atomic E-state index is 0.112. The van der Waals surface area contributed by atoms with Gasteiger partial charge in [0, 0.05) is 26.2 Å². The second kappa shape index (κ2) is 9.07. The van der Waals surface area contributed by atoms with Gasteiger partial charge in [0.25, 0.3) is 5.91 Å². The molecule has 26 heavy (non-hydrogen) atoms. The maximum absolute atomic E-state index is 12.5. The quantitative estimate of drug-likeness (QED) is 0.736. The molecule has 0 saturated carbocycles. The Hall–Kier alpha value is -2.02. The van der Waals surface area contributed by atoms with Gasteiger partial charge in [-0.05, 0) is 38.8 Å². The van der Waals surface area contributed by atoms with E-state index >= 15 is 0 Å². The molecular formula is C18H29ClN4O3. The smallest absolute Gasteiger partial charge is 0.407 e. The second-order valence-electron chi connectivity index (χ2n) is 7.64. The number of ether oxygens (including phenoxy) is 1. The average Bonchev–Trinajstić information content (AvgIpc) is 2.48. The van der Waals surface area contributed by atoms with E-state index in [1.165, 1.54) is 6.07 Å². The molecule has 2 N–H and O–H groups in total. The van der Waals surface area contributed by atoms with Crippen LogP contribution < -0.4 is 15.5 Å². The van der Waals surface area contributed by atoms with E-state index in [9.17, 15) is 9.59 Å². The summed E-state index contributed by atoms with van der Waals surface area (Å²) in [5.41, 5.74) is -0.168. The first kappa shape index (κ1) is 22.0. The molecule has 1 aromatic heterocycles. The number of nitrogens with zero attached hydrogens (tertiary/aromatic N) is 2. The summed E-state index contributed by atoms with van der Waals surface area (Å²) in [5.74, 6) is 0.421. The van der Waals surface area contributed by atoms with Crippen LogP contribution in [-0.4, -0.2) is 49.3 Å². The molecule has 1 rings (SSSR count). The Morgan fingerprint density at radius 1 is 1.27 bits per heavy atom. The number of carbonyl (C=O) groups excluding carboxylic acids is 2. The summed E-state index contributed by atoms with van der Waals surface area (Å²) in [4.78, 5) is 30.3. The zero-order chi connectivity index (χ0) is 20.1. The van der Waals surface area contributed by atoms with Crippen LogP contribution in [0.15, 0.2) is 12.1 Å². The van der Waals surface area contributed by atoms with Crippen molar-refractivity contribution in [3.63, 3.8) is 0 Å². The first-order valence-electron chi connectivity index (χ1n) is 8.51. The minimum Gasteiger partial charge on any atom is -0.444 e. The summed E-state index contributed by atoms with van der Waals surface area (Å²) in [6, 6.07) is 2.90. The summed E-state index contributed by atoms with van der Waals surface area (Å²) in [6.45, 7) is 9.59. The third kappa shape index (κ3) is 7.47. The van der Waals surface area contributed by atoms with Gasteiger partial charge in [0.1, 0.15) is 16.6 Å². The zero-order valence-corrected chi connectivity index (χ0v) is 17.3. The molecular weight excluding hydrogens is 356 g/mol. The monoisotopic (exact) mass is 384 g/mol. The summed E-state index contributed by atoms with van der Waals surface area (Å²) in [5, 5.41) is 5.87. The Labute approximate surface area is 160 Å². The maximum atomic E-state index is 12.5. The lowest BCUT2D eigenvalue weighted by molar-refractivity contribution is 0.0487. The van der Waals surface area contributed by atoms with Crippen LogP contribution in [0.3, 0.4) is 0 Å². The molecule has 2 amide bonds. The summed E-state index contributed by atoms with van der Waals surface area (Å²) in [7, 11) is 3.64. The molecule has 1 aromatic rings. The Morgan fingerprint density at radius 2 is 1.88 bits per heavy atom. The standard InChI is InChI=1S/C18H29ClN4O3/c1-11(2)13(21-17(25)26-18(3,4)5)10-20-16(24)12-8-14(19)22-15(9-12)23(6)7/h8-9,11,13H,10H2,1-7H3,(H,20,24)(H,21,25). The number of pyridine rings is 1. The molecule has 0 aliphatic heterocycles. The number of hydrogen-bond donors (Lipinski definition) is 2. The van der Waals surface area contributed by atoms with E-state index in [1.807, 2.05) is 27.9 Å². The van der Waals surface area contributed by atoms with Gasteiger partial charge >= 0.3 is 6.09 Å². The molecule has 0 fully saturated rings. The van der Waals surface area contributed by atoms with E-state index in [0.717, 1.165) is 0 Å². The van der Waals surface area contributed by atoms with Gasteiger partial charge in [-0.15, -0.1) is 0 Å². The molecule has 0 radical (unpaired) electrons. The Bertz CT molecular complexity index is 642. The van der Waals surface area contributed by atoms with Gasteiger partial charge in [-0.3, -0.25) is 4.79 Å². The Balaban J connectivity index is 2.75. The van der Waals surface area contributed by atoms with Gasteiger partial charge in [0.05, 0.1) is 6.04 Å². The van der Waals surface area contributed by atoms with Crippen LogP contribution in [0, 0.1) is 5.92 Å². The largest absolute Gasteiger partial charge is 0.444 e. The highest BCUT2D eigenvalue weighted by atomic mass is 35.5. The molecule has 7 nitrogen and oxygen atoms in total. The minimum atomic E-state index is -0.578. The number of amides is 2. The van der Waals surface area contributed by atoms with Crippen LogP contribution in [0.1, 0.15) is 45.0 Å². The first-order chi connectivity index (χ1) is 11.9. The molecule has 1 unspecified atom stereocenters. The SMILES string of the molecule is CC(C)C(CNC(=O)c1cc(Cl)nc(N(C)C)c1)NC(=O)OC(C)(C)C. The number of nitrogens with one attached hydrogen (secondary N) is 2. The predicted molar refractivity (Wildman–Crippen MR) is 104 cm³/mol. The fourth-order valence-corrected chi connectivity index (χ4v) is 2.26. The van der Waals surface area contributed by atoms with E-state index in [2.05, 4.69) is 15.6 Å². The van der Waals surface area contributed by atoms with Gasteiger partial charge in [-0.2, -0.15) is 0 Å². The van der Waals surface area contributed by atoms with Gasteiger partial charge < -0.3 is 20.3 Å². The predicted octanol–water partition coefficient (Wildman–Crippen LogP) is 3.08. The molecule has 0 spiro atoms. The topological polar surface area (TPSA) is 83.6 Å². The highest BCUT2D eigenvalue weighted by Gasteiger charge is 2.22. The Morgan fingerprint density at radius 3 is 2.38 bits per heavy atom. The van der Waals surface area contributed by atoms with Crippen molar-refractivity contribution in [1.82, 2.24) is 15.6 Å². The second-order valence-corrected chi connectivity index (χ2v) is 8.03. The van der Waals surface area contributed by atoms with Gasteiger partial charge in [0.15, 0.2) is 0 Å². The van der Waals surface area contributed by atoms with Crippen molar-refractivity contribution < 1.29 is 14.3 Å². The van der Waals surface area contributed by atoms with Crippen LogP contribution in [0.4, 0.5) is 10.6 Å². The van der Waals surface area contributed by atoms with Crippen molar-refractivity contribution in [2.24, 2.45) is 5.92 Å². The van der Waals surface area contributed by atoms with Crippen LogP contribution in [-0.2, 0) is 4.74 Å². The van der Waals surface area contributed by atoms with Crippen molar-refractivity contribution in [1.29, 1.82) is 0 Å². The van der Waals surface area contributed by atoms with E-state index in [1.54, 1.807) is 31.7 Å². The number of rotatable bonds is 6. The van der Waals surface area contributed by atoms with Crippen molar-refractivity contribution >= 4 is 29.4 Å². The van der Waals surface area contributed by atoms with Crippen molar-refractivity contribution in [2.75, 3.05) is 25.5 Å². The highest BCUT2D eigenvalue weighted by molar-refractivity contribution is 6.29. The van der Waals surface area contributed by atoms with E-state index in [0.29, 0.717) is 11.4 Å². The molecule has 0 aliphatic rings. The number of alkyl carbamates (subject to hydrolysis) is 1. The average molecular weight is 385 g/mol.